The Labute approximate surface area is 242 Å². The first-order valence-corrected chi connectivity index (χ1v) is 13.2. The minimum atomic E-state index is -0.399. The molecule has 0 saturated carbocycles. The van der Waals surface area contributed by atoms with E-state index in [-0.39, 0.29) is 11.7 Å². The fraction of sp³-hybridized carbons (Fsp3) is 0.0278. The highest BCUT2D eigenvalue weighted by Gasteiger charge is 2.36. The van der Waals surface area contributed by atoms with Crippen LogP contribution in [-0.2, 0) is 0 Å². The second-order valence-corrected chi connectivity index (χ2v) is 9.50. The smallest absolute Gasteiger partial charge is 0.266 e. The molecule has 6 rings (SSSR count). The number of rotatable bonds is 6. The molecule has 0 N–H and O–H groups in total. The SMILES string of the molecule is COc1ccc(C(=O)c2ccc(Oc3ccc(N4C(=O)c5ccc(C#Cc6ccccc6)cc5C4=O)cc3)cc2)cc1. The number of hydrogen-bond acceptors (Lipinski definition) is 5. The van der Waals surface area contributed by atoms with E-state index in [9.17, 15) is 14.4 Å². The molecular formula is C36H23NO5. The number of methoxy groups -OCH3 is 1. The molecule has 0 saturated heterocycles. The number of amides is 2. The van der Waals surface area contributed by atoms with Gasteiger partial charge in [-0.05, 0) is 103 Å². The van der Waals surface area contributed by atoms with Crippen molar-refractivity contribution in [3.05, 3.63) is 155 Å². The molecule has 42 heavy (non-hydrogen) atoms. The molecule has 0 bridgehead atoms. The molecular weight excluding hydrogens is 526 g/mol. The van der Waals surface area contributed by atoms with E-state index in [1.54, 1.807) is 98.1 Å². The Bertz CT molecular complexity index is 1860. The minimum absolute atomic E-state index is 0.107. The molecule has 6 heteroatoms. The van der Waals surface area contributed by atoms with Crippen LogP contribution < -0.4 is 14.4 Å². The lowest BCUT2D eigenvalue weighted by Gasteiger charge is -2.14. The largest absolute Gasteiger partial charge is 0.497 e. The van der Waals surface area contributed by atoms with Gasteiger partial charge in [0.15, 0.2) is 5.78 Å². The van der Waals surface area contributed by atoms with Gasteiger partial charge in [0, 0.05) is 22.3 Å². The Kier molecular flexibility index (Phi) is 7.06. The van der Waals surface area contributed by atoms with Crippen molar-refractivity contribution in [2.45, 2.75) is 0 Å². The second kappa shape index (κ2) is 11.3. The van der Waals surface area contributed by atoms with E-state index in [2.05, 4.69) is 11.8 Å². The van der Waals surface area contributed by atoms with Gasteiger partial charge in [0.25, 0.3) is 11.8 Å². The Hall–Kier alpha value is -5.93. The maximum atomic E-state index is 13.2. The van der Waals surface area contributed by atoms with Gasteiger partial charge in [-0.15, -0.1) is 0 Å². The zero-order chi connectivity index (χ0) is 29.1. The van der Waals surface area contributed by atoms with E-state index in [1.165, 1.54) is 0 Å². The quantitative estimate of drug-likeness (QED) is 0.131. The highest BCUT2D eigenvalue weighted by molar-refractivity contribution is 6.34. The minimum Gasteiger partial charge on any atom is -0.497 e. The average Bonchev–Trinajstić information content (AvgIpc) is 3.29. The lowest BCUT2D eigenvalue weighted by molar-refractivity contribution is 0.0925. The number of anilines is 1. The molecule has 5 aromatic rings. The van der Waals surface area contributed by atoms with Gasteiger partial charge in [-0.3, -0.25) is 14.4 Å². The van der Waals surface area contributed by atoms with Crippen LogP contribution in [0.5, 0.6) is 17.2 Å². The van der Waals surface area contributed by atoms with Crippen LogP contribution in [-0.4, -0.2) is 24.7 Å². The zero-order valence-corrected chi connectivity index (χ0v) is 22.5. The standard InChI is InChI=1S/C36H23NO5/c1-41-29-16-10-26(11-17-29)34(38)27-12-18-30(19-13-27)42-31-20-14-28(15-21-31)37-35(39)32-22-9-25(23-33(32)36(37)40)8-7-24-5-3-2-4-6-24/h2-6,9-23H,1H3. The van der Waals surface area contributed by atoms with Crippen LogP contribution >= 0.6 is 0 Å². The number of imide groups is 1. The monoisotopic (exact) mass is 549 g/mol. The van der Waals surface area contributed by atoms with Gasteiger partial charge >= 0.3 is 0 Å². The summed E-state index contributed by atoms with van der Waals surface area (Å²) >= 11 is 0. The highest BCUT2D eigenvalue weighted by atomic mass is 16.5. The summed E-state index contributed by atoms with van der Waals surface area (Å²) in [6, 6.07) is 35.1. The summed E-state index contributed by atoms with van der Waals surface area (Å²) in [6.45, 7) is 0. The molecule has 0 radical (unpaired) electrons. The lowest BCUT2D eigenvalue weighted by atomic mass is 10.0. The van der Waals surface area contributed by atoms with Crippen molar-refractivity contribution in [1.29, 1.82) is 0 Å². The molecule has 0 unspecified atom stereocenters. The Balaban J connectivity index is 1.14. The van der Waals surface area contributed by atoms with E-state index < -0.39 is 5.91 Å². The number of nitrogens with zero attached hydrogens (tertiary/aromatic N) is 1. The number of ether oxygens (including phenoxy) is 2. The number of fused-ring (bicyclic) bond motifs is 1. The van der Waals surface area contributed by atoms with Gasteiger partial charge < -0.3 is 9.47 Å². The van der Waals surface area contributed by atoms with Gasteiger partial charge in [-0.2, -0.15) is 0 Å². The molecule has 1 aliphatic rings. The number of carbonyl (C=O) groups excluding carboxylic acids is 3. The van der Waals surface area contributed by atoms with Gasteiger partial charge in [0.2, 0.25) is 0 Å². The van der Waals surface area contributed by atoms with Crippen molar-refractivity contribution < 1.29 is 23.9 Å². The second-order valence-electron chi connectivity index (χ2n) is 9.50. The van der Waals surface area contributed by atoms with E-state index in [0.29, 0.717) is 50.8 Å². The molecule has 0 aromatic heterocycles. The molecule has 5 aromatic carbocycles. The first-order chi connectivity index (χ1) is 20.5. The molecule has 1 heterocycles. The molecule has 202 valence electrons. The number of carbonyl (C=O) groups is 3. The summed E-state index contributed by atoms with van der Waals surface area (Å²) in [5.41, 5.74) is 3.71. The third-order valence-corrected chi connectivity index (χ3v) is 6.81. The van der Waals surface area contributed by atoms with Crippen LogP contribution in [0.25, 0.3) is 0 Å². The van der Waals surface area contributed by atoms with E-state index in [0.717, 1.165) is 10.5 Å². The predicted molar refractivity (Wildman–Crippen MR) is 159 cm³/mol. The molecule has 0 aliphatic carbocycles. The topological polar surface area (TPSA) is 72.9 Å². The van der Waals surface area contributed by atoms with Crippen molar-refractivity contribution in [3.8, 4) is 29.1 Å². The van der Waals surface area contributed by atoms with Crippen molar-refractivity contribution in [2.75, 3.05) is 12.0 Å². The Morgan fingerprint density at radius 3 is 1.76 bits per heavy atom. The predicted octanol–water partition coefficient (Wildman–Crippen LogP) is 6.92. The molecule has 0 spiro atoms. The zero-order valence-electron chi connectivity index (χ0n) is 22.5. The summed E-state index contributed by atoms with van der Waals surface area (Å²) in [6.07, 6.45) is 0. The Morgan fingerprint density at radius 2 is 1.14 bits per heavy atom. The van der Waals surface area contributed by atoms with Crippen LogP contribution in [0.4, 0.5) is 5.69 Å². The van der Waals surface area contributed by atoms with Crippen LogP contribution in [0.3, 0.4) is 0 Å². The van der Waals surface area contributed by atoms with Gasteiger partial charge in [0.05, 0.1) is 23.9 Å². The maximum Gasteiger partial charge on any atom is 0.266 e. The summed E-state index contributed by atoms with van der Waals surface area (Å²) < 4.78 is 11.1. The van der Waals surface area contributed by atoms with Crippen LogP contribution in [0.2, 0.25) is 0 Å². The summed E-state index contributed by atoms with van der Waals surface area (Å²) in [7, 11) is 1.58. The fourth-order valence-electron chi connectivity index (χ4n) is 4.60. The van der Waals surface area contributed by atoms with Crippen LogP contribution in [0.1, 0.15) is 47.8 Å². The fourth-order valence-corrected chi connectivity index (χ4v) is 4.60. The van der Waals surface area contributed by atoms with E-state index in [1.807, 2.05) is 30.3 Å². The van der Waals surface area contributed by atoms with Crippen LogP contribution in [0.15, 0.2) is 121 Å². The third-order valence-electron chi connectivity index (χ3n) is 6.81. The number of hydrogen-bond donors (Lipinski definition) is 0. The van der Waals surface area contributed by atoms with Crippen molar-refractivity contribution in [1.82, 2.24) is 0 Å². The van der Waals surface area contributed by atoms with E-state index >= 15 is 0 Å². The molecule has 6 nitrogen and oxygen atoms in total. The van der Waals surface area contributed by atoms with Crippen molar-refractivity contribution >= 4 is 23.3 Å². The van der Waals surface area contributed by atoms with Gasteiger partial charge in [-0.25, -0.2) is 4.90 Å². The summed E-state index contributed by atoms with van der Waals surface area (Å²) in [5.74, 6) is 6.98. The maximum absolute atomic E-state index is 13.2. The van der Waals surface area contributed by atoms with Crippen molar-refractivity contribution in [2.24, 2.45) is 0 Å². The van der Waals surface area contributed by atoms with Crippen LogP contribution in [0, 0.1) is 11.8 Å². The third kappa shape index (κ3) is 5.27. The Morgan fingerprint density at radius 1 is 0.595 bits per heavy atom. The first kappa shape index (κ1) is 26.3. The molecule has 2 amide bonds. The highest BCUT2D eigenvalue weighted by Crippen LogP contribution is 2.31. The van der Waals surface area contributed by atoms with Crippen molar-refractivity contribution in [3.63, 3.8) is 0 Å². The first-order valence-electron chi connectivity index (χ1n) is 13.2. The molecule has 1 aliphatic heterocycles. The summed E-state index contributed by atoms with van der Waals surface area (Å²) in [5, 5.41) is 0. The normalized spacial score (nSPS) is 11.9. The lowest BCUT2D eigenvalue weighted by Crippen LogP contribution is -2.29. The number of ketones is 1. The number of benzene rings is 5. The van der Waals surface area contributed by atoms with Gasteiger partial charge in [-0.1, -0.05) is 30.0 Å². The average molecular weight is 550 g/mol. The van der Waals surface area contributed by atoms with E-state index in [4.69, 9.17) is 9.47 Å². The molecule has 0 atom stereocenters. The molecule has 0 fully saturated rings. The summed E-state index contributed by atoms with van der Waals surface area (Å²) in [4.78, 5) is 40.3. The van der Waals surface area contributed by atoms with Gasteiger partial charge in [0.1, 0.15) is 17.2 Å².